The summed E-state index contributed by atoms with van der Waals surface area (Å²) in [5.74, 6) is -1.85. The summed E-state index contributed by atoms with van der Waals surface area (Å²) in [6.07, 6.45) is 1.40. The molecule has 0 unspecified atom stereocenters. The maximum Gasteiger partial charge on any atom is 0.344 e. The van der Waals surface area contributed by atoms with Crippen LogP contribution in [-0.2, 0) is 20.9 Å². The van der Waals surface area contributed by atoms with Crippen molar-refractivity contribution in [2.24, 2.45) is 0 Å². The summed E-state index contributed by atoms with van der Waals surface area (Å²) in [5.41, 5.74) is 0.334. The third-order valence-electron chi connectivity index (χ3n) is 5.71. The number of para-hydroxylation sites is 2. The Kier molecular flexibility index (Phi) is 5.49. The highest BCUT2D eigenvalue weighted by Gasteiger charge is 2.43. The number of pyridine rings is 2. The van der Waals surface area contributed by atoms with Gasteiger partial charge in [-0.05, 0) is 52.0 Å². The standard InChI is InChI=1S/C24H24N4O5/c1-5-27-12-16(20(30)15-11-10-14(2)25-21(15)27)22(31)33-13-19(29)28-18-9-7-6-8-17(18)26-23(32)24(28,3)4/h6-12H,5,13H2,1-4H3,(H,26,32). The van der Waals surface area contributed by atoms with Crippen LogP contribution < -0.4 is 15.6 Å². The van der Waals surface area contributed by atoms with Gasteiger partial charge in [-0.2, -0.15) is 0 Å². The van der Waals surface area contributed by atoms with E-state index < -0.39 is 29.5 Å². The van der Waals surface area contributed by atoms with E-state index >= 15 is 0 Å². The molecule has 2 amide bonds. The molecule has 3 heterocycles. The topological polar surface area (TPSA) is 111 Å². The van der Waals surface area contributed by atoms with Crippen molar-refractivity contribution in [3.8, 4) is 0 Å². The number of hydrogen-bond acceptors (Lipinski definition) is 6. The van der Waals surface area contributed by atoms with Gasteiger partial charge in [0.25, 0.3) is 5.91 Å². The highest BCUT2D eigenvalue weighted by atomic mass is 16.5. The second-order valence-corrected chi connectivity index (χ2v) is 8.32. The lowest BCUT2D eigenvalue weighted by molar-refractivity contribution is -0.128. The van der Waals surface area contributed by atoms with Crippen molar-refractivity contribution in [3.63, 3.8) is 0 Å². The van der Waals surface area contributed by atoms with Gasteiger partial charge < -0.3 is 14.6 Å². The fraction of sp³-hybridized carbons (Fsp3) is 0.292. The average molecular weight is 448 g/mol. The molecule has 2 aromatic heterocycles. The van der Waals surface area contributed by atoms with Crippen LogP contribution >= 0.6 is 0 Å². The monoisotopic (exact) mass is 448 g/mol. The van der Waals surface area contributed by atoms with Crippen LogP contribution in [0, 0.1) is 6.92 Å². The first kappa shape index (κ1) is 22.2. The third kappa shape index (κ3) is 3.75. The molecular weight excluding hydrogens is 424 g/mol. The van der Waals surface area contributed by atoms with Gasteiger partial charge in [-0.25, -0.2) is 9.78 Å². The molecular formula is C24H24N4O5. The lowest BCUT2D eigenvalue weighted by atomic mass is 9.96. The second kappa shape index (κ2) is 8.16. The summed E-state index contributed by atoms with van der Waals surface area (Å²) in [4.78, 5) is 57.1. The van der Waals surface area contributed by atoms with Gasteiger partial charge in [0, 0.05) is 18.4 Å². The minimum absolute atomic E-state index is 0.182. The minimum Gasteiger partial charge on any atom is -0.452 e. The SMILES string of the molecule is CCn1cc(C(=O)OCC(=O)N2c3ccccc3NC(=O)C2(C)C)c(=O)c2ccc(C)nc21. The highest BCUT2D eigenvalue weighted by molar-refractivity contribution is 6.14. The molecule has 1 aromatic carbocycles. The van der Waals surface area contributed by atoms with Gasteiger partial charge in [0.15, 0.2) is 6.61 Å². The zero-order valence-electron chi connectivity index (χ0n) is 18.8. The Labute approximate surface area is 190 Å². The Balaban J connectivity index is 1.62. The van der Waals surface area contributed by atoms with Crippen molar-refractivity contribution in [3.05, 3.63) is 64.1 Å². The van der Waals surface area contributed by atoms with Crippen molar-refractivity contribution in [1.82, 2.24) is 9.55 Å². The summed E-state index contributed by atoms with van der Waals surface area (Å²) >= 11 is 0. The fourth-order valence-corrected chi connectivity index (χ4v) is 3.91. The number of hydrogen-bond donors (Lipinski definition) is 1. The number of carbonyl (C=O) groups excluding carboxylic acids is 3. The van der Waals surface area contributed by atoms with E-state index in [0.717, 1.165) is 5.69 Å². The van der Waals surface area contributed by atoms with E-state index in [0.29, 0.717) is 29.0 Å². The molecule has 0 atom stereocenters. The Morgan fingerprint density at radius 3 is 2.58 bits per heavy atom. The van der Waals surface area contributed by atoms with Gasteiger partial charge in [-0.1, -0.05) is 12.1 Å². The zero-order chi connectivity index (χ0) is 23.9. The van der Waals surface area contributed by atoms with Crippen molar-refractivity contribution >= 4 is 40.2 Å². The molecule has 33 heavy (non-hydrogen) atoms. The summed E-state index contributed by atoms with van der Waals surface area (Å²) in [5, 5.41) is 3.07. The minimum atomic E-state index is -1.20. The van der Waals surface area contributed by atoms with Gasteiger partial charge in [0.1, 0.15) is 16.7 Å². The van der Waals surface area contributed by atoms with Crippen molar-refractivity contribution < 1.29 is 19.1 Å². The van der Waals surface area contributed by atoms with Crippen molar-refractivity contribution in [2.75, 3.05) is 16.8 Å². The van der Waals surface area contributed by atoms with Crippen LogP contribution in [-0.4, -0.2) is 39.5 Å². The molecule has 0 radical (unpaired) electrons. The maximum absolute atomic E-state index is 13.1. The van der Waals surface area contributed by atoms with E-state index in [-0.39, 0.29) is 11.5 Å². The van der Waals surface area contributed by atoms with E-state index in [4.69, 9.17) is 4.74 Å². The van der Waals surface area contributed by atoms with Crippen LogP contribution in [0.25, 0.3) is 11.0 Å². The predicted molar refractivity (Wildman–Crippen MR) is 123 cm³/mol. The number of aromatic nitrogens is 2. The van der Waals surface area contributed by atoms with Crippen LogP contribution in [0.1, 0.15) is 36.8 Å². The number of esters is 1. The molecule has 1 aliphatic rings. The third-order valence-corrected chi connectivity index (χ3v) is 5.71. The molecule has 4 rings (SSSR count). The summed E-state index contributed by atoms with van der Waals surface area (Å²) < 4.78 is 6.94. The summed E-state index contributed by atoms with van der Waals surface area (Å²) in [7, 11) is 0. The molecule has 170 valence electrons. The smallest absolute Gasteiger partial charge is 0.344 e. The number of rotatable bonds is 4. The molecule has 9 nitrogen and oxygen atoms in total. The lowest BCUT2D eigenvalue weighted by Gasteiger charge is -2.41. The van der Waals surface area contributed by atoms with Crippen molar-refractivity contribution in [1.29, 1.82) is 0 Å². The number of amides is 2. The molecule has 9 heteroatoms. The Hall–Kier alpha value is -4.01. The lowest BCUT2D eigenvalue weighted by Crippen LogP contribution is -2.59. The van der Waals surface area contributed by atoms with Crippen LogP contribution in [0.5, 0.6) is 0 Å². The number of nitrogens with one attached hydrogen (secondary N) is 1. The van der Waals surface area contributed by atoms with Gasteiger partial charge in [0.2, 0.25) is 11.3 Å². The van der Waals surface area contributed by atoms with E-state index in [9.17, 15) is 19.2 Å². The molecule has 3 aromatic rings. The van der Waals surface area contributed by atoms with Gasteiger partial charge in [0.05, 0.1) is 16.8 Å². The normalized spacial score (nSPS) is 14.5. The number of aryl methyl sites for hydroxylation is 2. The largest absolute Gasteiger partial charge is 0.452 e. The van der Waals surface area contributed by atoms with E-state index in [2.05, 4.69) is 10.3 Å². The van der Waals surface area contributed by atoms with Gasteiger partial charge in [-0.3, -0.25) is 19.3 Å². The quantitative estimate of drug-likeness (QED) is 0.615. The number of carbonyl (C=O) groups is 3. The number of fused-ring (bicyclic) bond motifs is 2. The Morgan fingerprint density at radius 2 is 1.85 bits per heavy atom. The summed E-state index contributed by atoms with van der Waals surface area (Å²) in [6, 6.07) is 10.2. The van der Waals surface area contributed by atoms with Crippen LogP contribution in [0.4, 0.5) is 11.4 Å². The first-order valence-corrected chi connectivity index (χ1v) is 10.6. The molecule has 0 saturated carbocycles. The molecule has 0 spiro atoms. The first-order valence-electron chi connectivity index (χ1n) is 10.6. The molecule has 0 fully saturated rings. The molecule has 1 aliphatic heterocycles. The first-order chi connectivity index (χ1) is 15.6. The average Bonchev–Trinajstić information content (AvgIpc) is 2.78. The van der Waals surface area contributed by atoms with Crippen LogP contribution in [0.3, 0.4) is 0 Å². The maximum atomic E-state index is 13.1. The molecule has 0 aliphatic carbocycles. The number of anilines is 2. The van der Waals surface area contributed by atoms with E-state index in [1.807, 2.05) is 13.8 Å². The van der Waals surface area contributed by atoms with E-state index in [1.165, 1.54) is 11.1 Å². The van der Waals surface area contributed by atoms with Gasteiger partial charge in [-0.15, -0.1) is 0 Å². The fourth-order valence-electron chi connectivity index (χ4n) is 3.91. The Bertz CT molecular complexity index is 1360. The second-order valence-electron chi connectivity index (χ2n) is 8.32. The number of ether oxygens (including phenoxy) is 1. The molecule has 0 bridgehead atoms. The number of nitrogens with zero attached hydrogens (tertiary/aromatic N) is 3. The van der Waals surface area contributed by atoms with Crippen LogP contribution in [0.2, 0.25) is 0 Å². The number of benzene rings is 1. The van der Waals surface area contributed by atoms with E-state index in [1.54, 1.807) is 54.8 Å². The predicted octanol–water partition coefficient (Wildman–Crippen LogP) is 2.65. The molecule has 0 saturated heterocycles. The highest BCUT2D eigenvalue weighted by Crippen LogP contribution is 2.36. The molecule has 1 N–H and O–H groups in total. The van der Waals surface area contributed by atoms with Crippen LogP contribution in [0.15, 0.2) is 47.4 Å². The summed E-state index contributed by atoms with van der Waals surface area (Å²) in [6.45, 7) is 6.76. The van der Waals surface area contributed by atoms with Gasteiger partial charge >= 0.3 is 5.97 Å². The Morgan fingerprint density at radius 1 is 1.12 bits per heavy atom. The zero-order valence-corrected chi connectivity index (χ0v) is 18.8. The van der Waals surface area contributed by atoms with Crippen molar-refractivity contribution in [2.45, 2.75) is 39.8 Å².